The van der Waals surface area contributed by atoms with Crippen molar-refractivity contribution < 1.29 is 23.8 Å². The number of amides is 2. The van der Waals surface area contributed by atoms with Crippen LogP contribution >= 0.6 is 24.0 Å². The molecule has 33 heavy (non-hydrogen) atoms. The second-order valence-corrected chi connectivity index (χ2v) is 7.60. The minimum atomic E-state index is -0.275. The first-order valence-corrected chi connectivity index (χ1v) is 10.8. The van der Waals surface area contributed by atoms with Crippen LogP contribution in [0.15, 0.2) is 23.2 Å². The van der Waals surface area contributed by atoms with E-state index in [1.165, 1.54) is 4.90 Å². The van der Waals surface area contributed by atoms with E-state index in [9.17, 15) is 9.59 Å². The number of hydrogen-bond donors (Lipinski definition) is 2. The lowest BCUT2D eigenvalue weighted by Gasteiger charge is -2.32. The van der Waals surface area contributed by atoms with Gasteiger partial charge in [-0.3, -0.25) is 4.79 Å². The van der Waals surface area contributed by atoms with Crippen molar-refractivity contribution in [1.82, 2.24) is 20.4 Å². The van der Waals surface area contributed by atoms with Crippen molar-refractivity contribution in [2.75, 3.05) is 54.6 Å². The van der Waals surface area contributed by atoms with Crippen molar-refractivity contribution in [3.63, 3.8) is 0 Å². The molecular formula is C22H36IN5O5. The van der Waals surface area contributed by atoms with E-state index < -0.39 is 0 Å². The summed E-state index contributed by atoms with van der Waals surface area (Å²) in [5.41, 5.74) is 0.944. The molecule has 2 amide bonds. The minimum Gasteiger partial charge on any atom is -0.493 e. The Bertz CT molecular complexity index is 797. The van der Waals surface area contributed by atoms with Crippen LogP contribution < -0.4 is 20.1 Å². The van der Waals surface area contributed by atoms with Crippen LogP contribution in [-0.2, 0) is 16.1 Å². The highest BCUT2D eigenvalue weighted by molar-refractivity contribution is 14.0. The van der Waals surface area contributed by atoms with Crippen LogP contribution in [0.1, 0.15) is 25.3 Å². The first-order chi connectivity index (χ1) is 15.4. The molecular weight excluding hydrogens is 541 g/mol. The molecule has 2 N–H and O–H groups in total. The van der Waals surface area contributed by atoms with Crippen molar-refractivity contribution in [1.29, 1.82) is 0 Å². The summed E-state index contributed by atoms with van der Waals surface area (Å²) in [5.74, 6) is 1.78. The van der Waals surface area contributed by atoms with Crippen molar-refractivity contribution in [3.05, 3.63) is 23.8 Å². The van der Waals surface area contributed by atoms with Crippen LogP contribution in [0.25, 0.3) is 0 Å². The zero-order valence-electron chi connectivity index (χ0n) is 20.1. The molecule has 1 aromatic carbocycles. The lowest BCUT2D eigenvalue weighted by molar-refractivity contribution is -0.127. The average molecular weight is 577 g/mol. The van der Waals surface area contributed by atoms with E-state index in [4.69, 9.17) is 14.2 Å². The largest absolute Gasteiger partial charge is 0.493 e. The van der Waals surface area contributed by atoms with Gasteiger partial charge < -0.3 is 34.6 Å². The molecule has 0 spiro atoms. The number of halogens is 1. The maximum absolute atomic E-state index is 12.0. The van der Waals surface area contributed by atoms with Crippen molar-refractivity contribution in [3.8, 4) is 11.5 Å². The number of benzene rings is 1. The molecule has 1 aliphatic rings. The predicted molar refractivity (Wildman–Crippen MR) is 138 cm³/mol. The van der Waals surface area contributed by atoms with Gasteiger partial charge in [-0.15, -0.1) is 24.0 Å². The van der Waals surface area contributed by atoms with E-state index in [1.807, 2.05) is 18.2 Å². The monoisotopic (exact) mass is 577 g/mol. The van der Waals surface area contributed by atoms with Gasteiger partial charge in [0.2, 0.25) is 5.91 Å². The Kier molecular flexibility index (Phi) is 12.7. The normalized spacial score (nSPS) is 14.1. The number of methoxy groups -OCH3 is 2. The van der Waals surface area contributed by atoms with E-state index in [0.717, 1.165) is 18.4 Å². The maximum atomic E-state index is 12.0. The summed E-state index contributed by atoms with van der Waals surface area (Å²) < 4.78 is 15.7. The summed E-state index contributed by atoms with van der Waals surface area (Å²) in [6.07, 6.45) is 1.25. The Morgan fingerprint density at radius 2 is 1.82 bits per heavy atom. The molecule has 10 nitrogen and oxygen atoms in total. The Labute approximate surface area is 213 Å². The first-order valence-electron chi connectivity index (χ1n) is 10.8. The van der Waals surface area contributed by atoms with E-state index in [2.05, 4.69) is 15.6 Å². The first kappa shape index (κ1) is 28.6. The standard InChI is InChI=1S/C22H35N5O5.HI/c1-6-32-22(29)27-11-9-17(10-12-27)25-21(24-15-20(28)26(2)3)23-14-16-7-8-18(30-4)19(13-16)31-5;/h7-8,13,17H,6,9-12,14-15H2,1-5H3,(H2,23,24,25);1H. The molecule has 186 valence electrons. The topological polar surface area (TPSA) is 105 Å². The molecule has 1 fully saturated rings. The smallest absolute Gasteiger partial charge is 0.409 e. The van der Waals surface area contributed by atoms with Crippen LogP contribution in [0.4, 0.5) is 4.79 Å². The van der Waals surface area contributed by atoms with Gasteiger partial charge in [0, 0.05) is 33.2 Å². The van der Waals surface area contributed by atoms with Gasteiger partial charge in [0.25, 0.3) is 0 Å². The van der Waals surface area contributed by atoms with E-state index in [1.54, 1.807) is 40.1 Å². The van der Waals surface area contributed by atoms with Gasteiger partial charge in [0.15, 0.2) is 17.5 Å². The summed E-state index contributed by atoms with van der Waals surface area (Å²) >= 11 is 0. The number of hydrogen-bond acceptors (Lipinski definition) is 6. The van der Waals surface area contributed by atoms with Crippen molar-refractivity contribution in [2.24, 2.45) is 4.99 Å². The fourth-order valence-electron chi connectivity index (χ4n) is 3.23. The summed E-state index contributed by atoms with van der Waals surface area (Å²) in [7, 11) is 6.61. The third kappa shape index (κ3) is 9.14. The number of nitrogens with zero attached hydrogens (tertiary/aromatic N) is 3. The Balaban J connectivity index is 0.00000544. The fraction of sp³-hybridized carbons (Fsp3) is 0.591. The molecule has 1 aliphatic heterocycles. The molecule has 0 aliphatic carbocycles. The number of guanidine groups is 1. The van der Waals surface area contributed by atoms with Crippen molar-refractivity contribution >= 4 is 41.9 Å². The zero-order valence-corrected chi connectivity index (χ0v) is 22.4. The van der Waals surface area contributed by atoms with Gasteiger partial charge >= 0.3 is 6.09 Å². The number of likely N-dealkylation sites (tertiary alicyclic amines) is 1. The molecule has 0 saturated carbocycles. The van der Waals surface area contributed by atoms with Gasteiger partial charge in [-0.2, -0.15) is 0 Å². The van der Waals surface area contributed by atoms with Crippen LogP contribution in [0.5, 0.6) is 11.5 Å². The molecule has 0 aromatic heterocycles. The lowest BCUT2D eigenvalue weighted by Crippen LogP contribution is -2.51. The molecule has 2 rings (SSSR count). The number of nitrogens with one attached hydrogen (secondary N) is 2. The Morgan fingerprint density at radius 1 is 1.15 bits per heavy atom. The molecule has 1 saturated heterocycles. The summed E-state index contributed by atoms with van der Waals surface area (Å²) in [6, 6.07) is 5.77. The molecule has 0 bridgehead atoms. The number of piperidine rings is 1. The van der Waals surface area contributed by atoms with Crippen LogP contribution in [0, 0.1) is 0 Å². The number of aliphatic imine (C=N–C) groups is 1. The number of ether oxygens (including phenoxy) is 3. The van der Waals surface area contributed by atoms with Crippen LogP contribution in [-0.4, -0.2) is 88.4 Å². The highest BCUT2D eigenvalue weighted by Gasteiger charge is 2.24. The average Bonchev–Trinajstić information content (AvgIpc) is 2.80. The second kappa shape index (κ2) is 14.7. The number of carbonyl (C=O) groups is 2. The van der Waals surface area contributed by atoms with E-state index in [-0.39, 0.29) is 48.6 Å². The van der Waals surface area contributed by atoms with E-state index >= 15 is 0 Å². The second-order valence-electron chi connectivity index (χ2n) is 7.60. The quantitative estimate of drug-likeness (QED) is 0.277. The SMILES string of the molecule is CCOC(=O)N1CCC(NC(=NCc2ccc(OC)c(OC)c2)NCC(=O)N(C)C)CC1.I. The summed E-state index contributed by atoms with van der Waals surface area (Å²) in [5, 5.41) is 6.51. The molecule has 0 atom stereocenters. The van der Waals surface area contributed by atoms with E-state index in [0.29, 0.717) is 43.7 Å². The number of rotatable bonds is 8. The van der Waals surface area contributed by atoms with Gasteiger partial charge in [-0.25, -0.2) is 9.79 Å². The molecule has 0 radical (unpaired) electrons. The Hall–Kier alpha value is -2.44. The molecule has 11 heteroatoms. The van der Waals surface area contributed by atoms with Crippen LogP contribution in [0.3, 0.4) is 0 Å². The Morgan fingerprint density at radius 3 is 2.39 bits per heavy atom. The highest BCUT2D eigenvalue weighted by Crippen LogP contribution is 2.27. The zero-order chi connectivity index (χ0) is 23.5. The minimum absolute atomic E-state index is 0. The lowest BCUT2D eigenvalue weighted by atomic mass is 10.1. The van der Waals surface area contributed by atoms with Gasteiger partial charge in [-0.05, 0) is 37.5 Å². The molecule has 1 aromatic rings. The predicted octanol–water partition coefficient (Wildman–Crippen LogP) is 2.07. The number of carbonyl (C=O) groups excluding carboxylic acids is 2. The van der Waals surface area contributed by atoms with Gasteiger partial charge in [-0.1, -0.05) is 6.07 Å². The maximum Gasteiger partial charge on any atom is 0.409 e. The summed E-state index contributed by atoms with van der Waals surface area (Å²) in [4.78, 5) is 31.8. The fourth-order valence-corrected chi connectivity index (χ4v) is 3.23. The number of likely N-dealkylation sites (N-methyl/N-ethyl adjacent to an activating group) is 1. The summed E-state index contributed by atoms with van der Waals surface area (Å²) in [6.45, 7) is 3.91. The van der Waals surface area contributed by atoms with Crippen LogP contribution in [0.2, 0.25) is 0 Å². The highest BCUT2D eigenvalue weighted by atomic mass is 127. The third-order valence-electron chi connectivity index (χ3n) is 5.14. The third-order valence-corrected chi connectivity index (χ3v) is 5.14. The molecule has 1 heterocycles. The van der Waals surface area contributed by atoms with Gasteiger partial charge in [0.05, 0.1) is 33.9 Å². The van der Waals surface area contributed by atoms with Crippen molar-refractivity contribution in [2.45, 2.75) is 32.4 Å². The molecule has 0 unspecified atom stereocenters. The van der Waals surface area contributed by atoms with Gasteiger partial charge in [0.1, 0.15) is 0 Å².